The molecule has 27 heavy (non-hydrogen) atoms. The molecular formula is C17H15Br2N5O2S. The third-order valence-electron chi connectivity index (χ3n) is 3.62. The van der Waals surface area contributed by atoms with Gasteiger partial charge >= 0.3 is 0 Å². The topological polar surface area (TPSA) is 90.4 Å². The summed E-state index contributed by atoms with van der Waals surface area (Å²) < 4.78 is 9.88. The van der Waals surface area contributed by atoms with Gasteiger partial charge in [-0.05, 0) is 56.1 Å². The maximum Gasteiger partial charge on any atom is 0.258 e. The molecule has 0 aliphatic heterocycles. The van der Waals surface area contributed by atoms with Gasteiger partial charge in [-0.25, -0.2) is 0 Å². The van der Waals surface area contributed by atoms with Crippen molar-refractivity contribution in [3.63, 3.8) is 0 Å². The zero-order valence-electron chi connectivity index (χ0n) is 14.3. The van der Waals surface area contributed by atoms with Crippen molar-refractivity contribution in [3.05, 3.63) is 50.9 Å². The van der Waals surface area contributed by atoms with Gasteiger partial charge in [-0.1, -0.05) is 12.1 Å². The van der Waals surface area contributed by atoms with Gasteiger partial charge in [0.05, 0.1) is 28.7 Å². The van der Waals surface area contributed by atoms with Crippen molar-refractivity contribution in [2.45, 2.75) is 0 Å². The van der Waals surface area contributed by atoms with E-state index in [0.717, 1.165) is 21.9 Å². The molecule has 140 valence electrons. The number of aromatic nitrogens is 2. The van der Waals surface area contributed by atoms with Gasteiger partial charge in [0.25, 0.3) is 5.91 Å². The lowest BCUT2D eigenvalue weighted by Gasteiger charge is -2.16. The van der Waals surface area contributed by atoms with Gasteiger partial charge in [0.15, 0.2) is 17.4 Å². The average molecular weight is 513 g/mol. The Bertz CT molecular complexity index is 993. The number of rotatable bonds is 5. The first kappa shape index (κ1) is 19.6. The Morgan fingerprint density at radius 3 is 2.26 bits per heavy atom. The predicted octanol–water partition coefficient (Wildman–Crippen LogP) is 4.96. The van der Waals surface area contributed by atoms with Crippen LogP contribution in [-0.4, -0.2) is 38.8 Å². The molecule has 0 atom stereocenters. The number of phenolic OH excluding ortho intramolecular Hbond substituents is 1. The van der Waals surface area contributed by atoms with Gasteiger partial charge in [0.1, 0.15) is 0 Å². The molecule has 0 unspecified atom stereocenters. The first-order valence-corrected chi connectivity index (χ1v) is 10.0. The molecule has 0 spiro atoms. The number of nitrogens with one attached hydrogen (secondary N) is 2. The van der Waals surface area contributed by atoms with Crippen molar-refractivity contribution >= 4 is 72.5 Å². The molecular weight excluding hydrogens is 498 g/mol. The Hall–Kier alpha value is -2.17. The number of carbonyl (C=O) groups is 1. The van der Waals surface area contributed by atoms with Crippen LogP contribution in [0.3, 0.4) is 0 Å². The molecule has 1 heterocycles. The fourth-order valence-electron chi connectivity index (χ4n) is 2.26. The van der Waals surface area contributed by atoms with Gasteiger partial charge in [-0.3, -0.25) is 4.79 Å². The van der Waals surface area contributed by atoms with Crippen LogP contribution in [0.5, 0.6) is 5.75 Å². The van der Waals surface area contributed by atoms with E-state index in [-0.39, 0.29) is 17.2 Å². The molecule has 2 aromatic carbocycles. The largest absolute Gasteiger partial charge is 0.505 e. The summed E-state index contributed by atoms with van der Waals surface area (Å²) >= 11 is 7.82. The normalized spacial score (nSPS) is 10.5. The number of carbonyl (C=O) groups excluding carboxylic acids is 1. The Balaban J connectivity index is 1.91. The van der Waals surface area contributed by atoms with Crippen molar-refractivity contribution in [2.75, 3.05) is 24.7 Å². The van der Waals surface area contributed by atoms with E-state index in [4.69, 9.17) is 0 Å². The number of hydrogen-bond acceptors (Lipinski definition) is 7. The summed E-state index contributed by atoms with van der Waals surface area (Å²) in [5, 5.41) is 16.8. The van der Waals surface area contributed by atoms with Crippen LogP contribution >= 0.6 is 43.6 Å². The maximum atomic E-state index is 12.4. The van der Waals surface area contributed by atoms with E-state index in [1.807, 2.05) is 24.3 Å². The van der Waals surface area contributed by atoms with Crippen LogP contribution < -0.4 is 10.6 Å². The van der Waals surface area contributed by atoms with Crippen LogP contribution in [0.2, 0.25) is 0 Å². The third kappa shape index (κ3) is 4.23. The molecule has 3 aromatic rings. The van der Waals surface area contributed by atoms with E-state index in [1.165, 1.54) is 4.90 Å². The molecule has 7 nitrogen and oxygen atoms in total. The smallest absolute Gasteiger partial charge is 0.258 e. The molecule has 0 bridgehead atoms. The molecule has 0 aliphatic rings. The number of halogens is 2. The molecule has 3 rings (SSSR count). The van der Waals surface area contributed by atoms with Crippen molar-refractivity contribution < 1.29 is 9.90 Å². The van der Waals surface area contributed by atoms with Crippen molar-refractivity contribution in [2.24, 2.45) is 0 Å². The number of anilines is 4. The van der Waals surface area contributed by atoms with Crippen molar-refractivity contribution in [1.82, 2.24) is 13.6 Å². The fraction of sp³-hybridized carbons (Fsp3) is 0.118. The van der Waals surface area contributed by atoms with Gasteiger partial charge in [-0.15, -0.1) is 0 Å². The predicted molar refractivity (Wildman–Crippen MR) is 114 cm³/mol. The standard InChI is InChI=1S/C17H15Br2N5O2S/c1-24(2)17(26)13-10(19)7-8-12(14(13)25)21-16-15(22-27-23-16)20-11-6-4-3-5-9(11)18/h3-8,25H,1-2H3,(H,20,22)(H,21,23). The summed E-state index contributed by atoms with van der Waals surface area (Å²) in [6.45, 7) is 0. The van der Waals surface area contributed by atoms with Crippen LogP contribution in [0.1, 0.15) is 10.4 Å². The molecule has 0 saturated heterocycles. The minimum absolute atomic E-state index is 0.164. The van der Waals surface area contributed by atoms with Gasteiger partial charge < -0.3 is 20.6 Å². The summed E-state index contributed by atoms with van der Waals surface area (Å²) in [7, 11) is 3.25. The van der Waals surface area contributed by atoms with Crippen LogP contribution in [0.4, 0.5) is 23.0 Å². The van der Waals surface area contributed by atoms with E-state index in [2.05, 4.69) is 51.2 Å². The highest BCUT2D eigenvalue weighted by atomic mass is 79.9. The molecule has 1 aromatic heterocycles. The number of phenols is 1. The Morgan fingerprint density at radius 1 is 1.00 bits per heavy atom. The number of nitrogens with zero attached hydrogens (tertiary/aromatic N) is 3. The molecule has 10 heteroatoms. The summed E-state index contributed by atoms with van der Waals surface area (Å²) in [5.74, 6) is 0.472. The first-order valence-electron chi connectivity index (χ1n) is 7.72. The van der Waals surface area contributed by atoms with Crippen LogP contribution in [-0.2, 0) is 0 Å². The van der Waals surface area contributed by atoms with Gasteiger partial charge in [0.2, 0.25) is 0 Å². The minimum atomic E-state index is -0.314. The first-order chi connectivity index (χ1) is 12.9. The maximum absolute atomic E-state index is 12.4. The van der Waals surface area contributed by atoms with Crippen LogP contribution in [0.15, 0.2) is 45.3 Å². The Morgan fingerprint density at radius 2 is 1.63 bits per heavy atom. The molecule has 3 N–H and O–H groups in total. The summed E-state index contributed by atoms with van der Waals surface area (Å²) in [6.07, 6.45) is 0. The second-order valence-corrected chi connectivity index (χ2v) is 7.95. The zero-order chi connectivity index (χ0) is 19.6. The number of para-hydroxylation sites is 1. The third-order valence-corrected chi connectivity index (χ3v) is 5.50. The lowest BCUT2D eigenvalue weighted by molar-refractivity contribution is 0.0824. The van der Waals surface area contributed by atoms with Crippen LogP contribution in [0.25, 0.3) is 0 Å². The Labute approximate surface area is 177 Å². The number of benzene rings is 2. The lowest BCUT2D eigenvalue weighted by Crippen LogP contribution is -2.22. The van der Waals surface area contributed by atoms with E-state index in [0.29, 0.717) is 21.8 Å². The van der Waals surface area contributed by atoms with Crippen LogP contribution in [0, 0.1) is 0 Å². The number of amides is 1. The average Bonchev–Trinajstić information content (AvgIpc) is 3.06. The van der Waals surface area contributed by atoms with E-state index >= 15 is 0 Å². The second kappa shape index (κ2) is 8.24. The van der Waals surface area contributed by atoms with Crippen molar-refractivity contribution in [1.29, 1.82) is 0 Å². The minimum Gasteiger partial charge on any atom is -0.505 e. The fourth-order valence-corrected chi connectivity index (χ4v) is 3.61. The molecule has 0 saturated carbocycles. The van der Waals surface area contributed by atoms with Crippen molar-refractivity contribution in [3.8, 4) is 5.75 Å². The van der Waals surface area contributed by atoms with E-state index < -0.39 is 0 Å². The summed E-state index contributed by atoms with van der Waals surface area (Å²) in [5.41, 5.74) is 1.36. The Kier molecular flexibility index (Phi) is 5.98. The molecule has 0 radical (unpaired) electrons. The lowest BCUT2D eigenvalue weighted by atomic mass is 10.1. The molecule has 0 fully saturated rings. The van der Waals surface area contributed by atoms with E-state index in [1.54, 1.807) is 26.2 Å². The zero-order valence-corrected chi connectivity index (χ0v) is 18.3. The van der Waals surface area contributed by atoms with Gasteiger partial charge in [-0.2, -0.15) is 8.75 Å². The highest BCUT2D eigenvalue weighted by molar-refractivity contribution is 9.11. The highest BCUT2D eigenvalue weighted by Crippen LogP contribution is 2.37. The highest BCUT2D eigenvalue weighted by Gasteiger charge is 2.21. The SMILES string of the molecule is CN(C)C(=O)c1c(Br)ccc(Nc2nsnc2Nc2ccccc2Br)c1O. The number of aromatic hydroxyl groups is 1. The summed E-state index contributed by atoms with van der Waals surface area (Å²) in [6, 6.07) is 11.0. The number of hydrogen-bond donors (Lipinski definition) is 3. The second-order valence-electron chi connectivity index (χ2n) is 5.71. The van der Waals surface area contributed by atoms with Gasteiger partial charge in [0, 0.05) is 23.0 Å². The molecule has 0 aliphatic carbocycles. The van der Waals surface area contributed by atoms with E-state index in [9.17, 15) is 9.90 Å². The monoisotopic (exact) mass is 511 g/mol. The summed E-state index contributed by atoms with van der Waals surface area (Å²) in [4.78, 5) is 13.7. The molecule has 1 amide bonds. The quantitative estimate of drug-likeness (QED) is 0.419.